The lowest BCUT2D eigenvalue weighted by Gasteiger charge is -2.35. The van der Waals surface area contributed by atoms with Crippen molar-refractivity contribution in [2.75, 3.05) is 25.0 Å². The fourth-order valence-electron chi connectivity index (χ4n) is 4.26. The van der Waals surface area contributed by atoms with Crippen LogP contribution in [-0.2, 0) is 0 Å². The average molecular weight is 432 g/mol. The molecule has 1 saturated heterocycles. The first kappa shape index (κ1) is 22.3. The average Bonchev–Trinajstić information content (AvgIpc) is 3.44. The summed E-state index contributed by atoms with van der Waals surface area (Å²) in [6.45, 7) is 9.66. The second kappa shape index (κ2) is 9.16. The fourth-order valence-corrected chi connectivity index (χ4v) is 4.26. The van der Waals surface area contributed by atoms with Crippen LogP contribution >= 0.6 is 12.4 Å². The number of aryl methyl sites for hydroxylation is 3. The van der Waals surface area contributed by atoms with Gasteiger partial charge in [-0.3, -0.25) is 4.79 Å². The van der Waals surface area contributed by atoms with E-state index in [1.165, 1.54) is 6.42 Å². The van der Waals surface area contributed by atoms with E-state index in [1.807, 2.05) is 50.8 Å². The molecule has 0 spiro atoms. The van der Waals surface area contributed by atoms with Gasteiger partial charge in [0.1, 0.15) is 0 Å². The highest BCUT2D eigenvalue weighted by Crippen LogP contribution is 2.47. The van der Waals surface area contributed by atoms with E-state index in [4.69, 9.17) is 4.74 Å². The van der Waals surface area contributed by atoms with E-state index >= 15 is 0 Å². The molecule has 0 radical (unpaired) electrons. The van der Waals surface area contributed by atoms with Crippen molar-refractivity contribution in [2.24, 2.45) is 11.8 Å². The van der Waals surface area contributed by atoms with Crippen molar-refractivity contribution in [3.63, 3.8) is 0 Å². The van der Waals surface area contributed by atoms with Gasteiger partial charge in [-0.2, -0.15) is 0 Å². The van der Waals surface area contributed by atoms with Crippen LogP contribution in [0.4, 0.5) is 5.95 Å². The Balaban J connectivity index is 0.00000256. The third-order valence-electron chi connectivity index (χ3n) is 5.75. The Morgan fingerprint density at radius 2 is 1.83 bits per heavy atom. The zero-order chi connectivity index (χ0) is 20.5. The van der Waals surface area contributed by atoms with Gasteiger partial charge >= 0.3 is 0 Å². The van der Waals surface area contributed by atoms with Gasteiger partial charge in [0.25, 0.3) is 5.91 Å². The molecule has 162 valence electrons. The van der Waals surface area contributed by atoms with E-state index in [9.17, 15) is 4.79 Å². The van der Waals surface area contributed by atoms with Crippen molar-refractivity contribution < 1.29 is 9.53 Å². The molecule has 1 aliphatic carbocycles. The maximum atomic E-state index is 13.5. The molecule has 0 aromatic carbocycles. The van der Waals surface area contributed by atoms with Crippen molar-refractivity contribution in [1.82, 2.24) is 19.9 Å². The molecular formula is C22H30ClN5O2. The molecule has 3 atom stereocenters. The summed E-state index contributed by atoms with van der Waals surface area (Å²) in [4.78, 5) is 28.9. The maximum absolute atomic E-state index is 13.5. The molecule has 8 heteroatoms. The zero-order valence-corrected chi connectivity index (χ0v) is 18.8. The van der Waals surface area contributed by atoms with Crippen LogP contribution in [0, 0.1) is 32.6 Å². The number of likely N-dealkylation sites (tertiary alicyclic amines) is 1. The molecule has 1 amide bonds. The Kier molecular flexibility index (Phi) is 6.81. The molecule has 3 heterocycles. The Hall–Kier alpha value is -2.41. The molecule has 1 aliphatic heterocycles. The molecule has 0 unspecified atom stereocenters. The number of piperidine rings is 1. The molecule has 30 heavy (non-hydrogen) atoms. The Morgan fingerprint density at radius 1 is 1.10 bits per heavy atom. The van der Waals surface area contributed by atoms with Crippen molar-refractivity contribution in [1.29, 1.82) is 0 Å². The smallest absolute Gasteiger partial charge is 0.276 e. The van der Waals surface area contributed by atoms with E-state index in [2.05, 4.69) is 20.3 Å². The summed E-state index contributed by atoms with van der Waals surface area (Å²) >= 11 is 0. The predicted octanol–water partition coefficient (Wildman–Crippen LogP) is 3.58. The fraction of sp³-hybridized carbons (Fsp3) is 0.545. The number of nitrogens with zero attached hydrogens (tertiary/aromatic N) is 4. The molecule has 2 aliphatic rings. The second-order valence-electron chi connectivity index (χ2n) is 8.19. The summed E-state index contributed by atoms with van der Waals surface area (Å²) < 4.78 is 5.69. The molecule has 2 aromatic rings. The first-order valence-electron chi connectivity index (χ1n) is 10.4. The largest absolute Gasteiger partial charge is 0.491 e. The standard InChI is InChI=1S/C22H29N5O2.ClH/c1-5-29-19-7-6-13(2)24-20(19)21(28)27-12-17-9-16(17)10-18(27)11-23-22-25-14(3)8-15(4)26-22;/h6-8,16-18H,5,9-12H2,1-4H3,(H,23,25,26);1H/t16-,17+,18+;/m1./s1. The number of fused-ring (bicyclic) bond motifs is 1. The predicted molar refractivity (Wildman–Crippen MR) is 118 cm³/mol. The van der Waals surface area contributed by atoms with E-state index < -0.39 is 0 Å². The lowest BCUT2D eigenvalue weighted by atomic mass is 10.0. The number of hydrogen-bond acceptors (Lipinski definition) is 6. The first-order valence-corrected chi connectivity index (χ1v) is 10.4. The first-order chi connectivity index (χ1) is 13.9. The quantitative estimate of drug-likeness (QED) is 0.752. The molecule has 1 N–H and O–H groups in total. The summed E-state index contributed by atoms with van der Waals surface area (Å²) in [5.74, 6) is 2.48. The molecule has 2 aromatic heterocycles. The SMILES string of the molecule is CCOc1ccc(C)nc1C(=O)N1C[C@@H]2C[C@@H]2C[C@H]1CNc1nc(C)cc(C)n1.Cl. The molecule has 7 nitrogen and oxygen atoms in total. The third kappa shape index (κ3) is 4.83. The number of rotatable bonds is 6. The Bertz CT molecular complexity index is 902. The van der Waals surface area contributed by atoms with Crippen LogP contribution in [0.15, 0.2) is 18.2 Å². The van der Waals surface area contributed by atoms with Crippen molar-refractivity contribution in [3.05, 3.63) is 41.0 Å². The minimum Gasteiger partial charge on any atom is -0.491 e. The van der Waals surface area contributed by atoms with Crippen LogP contribution < -0.4 is 10.1 Å². The number of pyridine rings is 1. The summed E-state index contributed by atoms with van der Waals surface area (Å²) in [6.07, 6.45) is 2.21. The highest BCUT2D eigenvalue weighted by Gasteiger charge is 2.47. The summed E-state index contributed by atoms with van der Waals surface area (Å²) in [5, 5.41) is 3.35. The number of carbonyl (C=O) groups is 1. The topological polar surface area (TPSA) is 80.2 Å². The van der Waals surface area contributed by atoms with Gasteiger partial charge in [-0.15, -0.1) is 12.4 Å². The minimum absolute atomic E-state index is 0. The molecule has 0 bridgehead atoms. The van der Waals surface area contributed by atoms with Crippen LogP contribution in [-0.4, -0.2) is 51.5 Å². The number of hydrogen-bond donors (Lipinski definition) is 1. The summed E-state index contributed by atoms with van der Waals surface area (Å²) in [6, 6.07) is 5.77. The van der Waals surface area contributed by atoms with Gasteiger partial charge in [-0.1, -0.05) is 0 Å². The number of aromatic nitrogens is 3. The van der Waals surface area contributed by atoms with Crippen molar-refractivity contribution in [3.8, 4) is 5.75 Å². The molecule has 2 fully saturated rings. The maximum Gasteiger partial charge on any atom is 0.276 e. The van der Waals surface area contributed by atoms with Crippen LogP contribution in [0.25, 0.3) is 0 Å². The van der Waals surface area contributed by atoms with E-state index in [0.29, 0.717) is 36.5 Å². The molecule has 4 rings (SSSR count). The van der Waals surface area contributed by atoms with Crippen molar-refractivity contribution in [2.45, 2.75) is 46.6 Å². The van der Waals surface area contributed by atoms with Crippen LogP contribution in [0.3, 0.4) is 0 Å². The second-order valence-corrected chi connectivity index (χ2v) is 8.19. The van der Waals surface area contributed by atoms with Crippen LogP contribution in [0.2, 0.25) is 0 Å². The lowest BCUT2D eigenvalue weighted by Crippen LogP contribution is -2.48. The highest BCUT2D eigenvalue weighted by atomic mass is 35.5. The number of nitrogens with one attached hydrogen (secondary N) is 1. The summed E-state index contributed by atoms with van der Waals surface area (Å²) in [7, 11) is 0. The minimum atomic E-state index is -0.0457. The van der Waals surface area contributed by atoms with Crippen LogP contribution in [0.1, 0.15) is 47.3 Å². The number of amides is 1. The molecular weight excluding hydrogens is 402 g/mol. The van der Waals surface area contributed by atoms with Crippen molar-refractivity contribution >= 4 is 24.3 Å². The lowest BCUT2D eigenvalue weighted by molar-refractivity contribution is 0.0605. The monoisotopic (exact) mass is 431 g/mol. The zero-order valence-electron chi connectivity index (χ0n) is 18.0. The number of anilines is 1. The number of halogens is 1. The Morgan fingerprint density at radius 3 is 2.53 bits per heavy atom. The Labute approximate surface area is 184 Å². The van der Waals surface area contributed by atoms with E-state index in [-0.39, 0.29) is 24.4 Å². The normalized spacial score (nSPS) is 22.0. The van der Waals surface area contributed by atoms with Gasteiger partial charge in [0, 0.05) is 36.2 Å². The van der Waals surface area contributed by atoms with Gasteiger partial charge in [0.2, 0.25) is 5.95 Å². The number of ether oxygens (including phenoxy) is 1. The molecule has 1 saturated carbocycles. The highest BCUT2D eigenvalue weighted by molar-refractivity contribution is 5.95. The van der Waals surface area contributed by atoms with Gasteiger partial charge in [0.15, 0.2) is 11.4 Å². The van der Waals surface area contributed by atoms with Gasteiger partial charge in [-0.25, -0.2) is 15.0 Å². The van der Waals surface area contributed by atoms with Crippen LogP contribution in [0.5, 0.6) is 5.75 Å². The number of carbonyl (C=O) groups excluding carboxylic acids is 1. The van der Waals surface area contributed by atoms with Gasteiger partial charge in [0.05, 0.1) is 6.61 Å². The van der Waals surface area contributed by atoms with Gasteiger partial charge < -0.3 is 15.0 Å². The van der Waals surface area contributed by atoms with E-state index in [1.54, 1.807) is 0 Å². The van der Waals surface area contributed by atoms with Gasteiger partial charge in [-0.05, 0) is 70.6 Å². The summed E-state index contributed by atoms with van der Waals surface area (Å²) in [5.41, 5.74) is 3.10. The van der Waals surface area contributed by atoms with E-state index in [0.717, 1.165) is 36.0 Å². The third-order valence-corrected chi connectivity index (χ3v) is 5.75.